The third-order valence-electron chi connectivity index (χ3n) is 1.39. The normalized spacial score (nSPS) is 12.5. The summed E-state index contributed by atoms with van der Waals surface area (Å²) in [5.41, 5.74) is 0.673. The number of nitrogens with one attached hydrogen (secondary N) is 2. The lowest BCUT2D eigenvalue weighted by Crippen LogP contribution is -2.09. The van der Waals surface area contributed by atoms with Gasteiger partial charge in [0, 0.05) is 6.92 Å². The Kier molecular flexibility index (Phi) is 3.73. The molecule has 0 aromatic carbocycles. The van der Waals surface area contributed by atoms with Gasteiger partial charge in [0.2, 0.25) is 5.91 Å². The quantitative estimate of drug-likeness (QED) is 0.805. The van der Waals surface area contributed by atoms with Crippen molar-refractivity contribution in [3.63, 3.8) is 0 Å². The molecule has 0 aliphatic carbocycles. The molecule has 0 aliphatic heterocycles. The molecule has 1 amide bonds. The van der Waals surface area contributed by atoms with E-state index in [1.165, 1.54) is 18.3 Å². The zero-order valence-corrected chi connectivity index (χ0v) is 9.71. The van der Waals surface area contributed by atoms with Crippen LogP contribution >= 0.6 is 11.3 Å². The van der Waals surface area contributed by atoms with Gasteiger partial charge in [0.15, 0.2) is 5.13 Å². The van der Waals surface area contributed by atoms with E-state index in [0.717, 1.165) is 0 Å². The second-order valence-electron chi connectivity index (χ2n) is 2.55. The molecular weight excluding hydrogens is 222 g/mol. The third kappa shape index (κ3) is 2.60. The van der Waals surface area contributed by atoms with E-state index in [1.807, 2.05) is 0 Å². The Hall–Kier alpha value is -0.790. The van der Waals surface area contributed by atoms with Gasteiger partial charge in [-0.3, -0.25) is 4.79 Å². The molecule has 78 valence electrons. The summed E-state index contributed by atoms with van der Waals surface area (Å²) in [5.74, 6) is -0.180. The van der Waals surface area contributed by atoms with Crippen molar-refractivity contribution < 1.29 is 9.00 Å². The zero-order valence-electron chi connectivity index (χ0n) is 8.08. The molecule has 5 nitrogen and oxygen atoms in total. The highest BCUT2D eigenvalue weighted by atomic mass is 32.2. The van der Waals surface area contributed by atoms with Gasteiger partial charge in [0.05, 0.1) is 5.69 Å². The summed E-state index contributed by atoms with van der Waals surface area (Å²) in [6.45, 7) is 3.16. The van der Waals surface area contributed by atoms with Gasteiger partial charge in [-0.05, 0) is 14.0 Å². The smallest absolute Gasteiger partial charge is 0.223 e. The first-order valence-electron chi connectivity index (χ1n) is 3.88. The minimum absolute atomic E-state index is 0.180. The van der Waals surface area contributed by atoms with Crippen LogP contribution in [0, 0.1) is 6.92 Å². The number of carbonyl (C=O) groups is 1. The summed E-state index contributed by atoms with van der Waals surface area (Å²) in [7, 11) is 0.363. The van der Waals surface area contributed by atoms with Crippen LogP contribution in [0.1, 0.15) is 12.6 Å². The summed E-state index contributed by atoms with van der Waals surface area (Å²) < 4.78 is 14.6. The molecule has 7 heteroatoms. The molecule has 1 atom stereocenters. The number of amides is 1. The largest absolute Gasteiger partial charge is 0.302 e. The van der Waals surface area contributed by atoms with E-state index in [2.05, 4.69) is 15.0 Å². The first-order valence-corrected chi connectivity index (χ1v) is 5.85. The van der Waals surface area contributed by atoms with Crippen molar-refractivity contribution in [2.45, 2.75) is 18.1 Å². The minimum atomic E-state index is -1.24. The summed E-state index contributed by atoms with van der Waals surface area (Å²) in [6.07, 6.45) is 0. The highest BCUT2D eigenvalue weighted by Gasteiger charge is 2.12. The molecule has 0 bridgehead atoms. The fourth-order valence-electron chi connectivity index (χ4n) is 0.851. The summed E-state index contributed by atoms with van der Waals surface area (Å²) in [5, 5.41) is 3.03. The predicted molar refractivity (Wildman–Crippen MR) is 56.6 cm³/mol. The lowest BCUT2D eigenvalue weighted by Gasteiger charge is -1.94. The average molecular weight is 233 g/mol. The highest BCUT2D eigenvalue weighted by Crippen LogP contribution is 2.24. The number of nitrogens with zero attached hydrogens (tertiary/aromatic N) is 1. The molecule has 0 saturated heterocycles. The first-order chi connectivity index (χ1) is 6.54. The van der Waals surface area contributed by atoms with Crippen molar-refractivity contribution >= 4 is 33.4 Å². The number of anilines is 1. The second-order valence-corrected chi connectivity index (χ2v) is 5.16. The number of carbonyl (C=O) groups excluding carboxylic acids is 1. The van der Waals surface area contributed by atoms with E-state index in [0.29, 0.717) is 15.0 Å². The standard InChI is InChI=1S/C7H11N3O2S2/c1-4-6(14(12)8-3)13-7(9-4)10-5(2)11/h8H,1-3H3,(H,9,10,11). The van der Waals surface area contributed by atoms with Crippen LogP contribution in [0.3, 0.4) is 0 Å². The third-order valence-corrected chi connectivity index (χ3v) is 3.97. The van der Waals surface area contributed by atoms with Gasteiger partial charge in [0.1, 0.15) is 15.2 Å². The van der Waals surface area contributed by atoms with Crippen LogP contribution in [-0.2, 0) is 15.8 Å². The number of thiazole rings is 1. The van der Waals surface area contributed by atoms with E-state index >= 15 is 0 Å². The summed E-state index contributed by atoms with van der Waals surface area (Å²) in [4.78, 5) is 14.8. The monoisotopic (exact) mass is 233 g/mol. The van der Waals surface area contributed by atoms with Crippen LogP contribution in [-0.4, -0.2) is 22.1 Å². The van der Waals surface area contributed by atoms with Gasteiger partial charge in [-0.1, -0.05) is 11.3 Å². The fourth-order valence-corrected chi connectivity index (χ4v) is 2.89. The van der Waals surface area contributed by atoms with Crippen molar-refractivity contribution in [2.24, 2.45) is 0 Å². The van der Waals surface area contributed by atoms with Gasteiger partial charge >= 0.3 is 0 Å². The van der Waals surface area contributed by atoms with E-state index in [9.17, 15) is 9.00 Å². The predicted octanol–water partition coefficient (Wildman–Crippen LogP) is 0.652. The molecule has 0 aliphatic rings. The molecule has 0 saturated carbocycles. The first kappa shape index (κ1) is 11.3. The Morgan fingerprint density at radius 1 is 1.57 bits per heavy atom. The lowest BCUT2D eigenvalue weighted by molar-refractivity contribution is -0.114. The molecule has 1 aromatic heterocycles. The summed E-state index contributed by atoms with van der Waals surface area (Å²) in [6, 6.07) is 0. The summed E-state index contributed by atoms with van der Waals surface area (Å²) >= 11 is 1.21. The fraction of sp³-hybridized carbons (Fsp3) is 0.429. The molecule has 0 spiro atoms. The minimum Gasteiger partial charge on any atom is -0.302 e. The molecule has 14 heavy (non-hydrogen) atoms. The van der Waals surface area contributed by atoms with Crippen LogP contribution in [0.2, 0.25) is 0 Å². The van der Waals surface area contributed by atoms with Crippen molar-refractivity contribution in [3.05, 3.63) is 5.69 Å². The van der Waals surface area contributed by atoms with Crippen molar-refractivity contribution in [2.75, 3.05) is 12.4 Å². The number of rotatable bonds is 3. The van der Waals surface area contributed by atoms with Crippen LogP contribution in [0.5, 0.6) is 0 Å². The van der Waals surface area contributed by atoms with Gasteiger partial charge in [-0.2, -0.15) is 0 Å². The van der Waals surface area contributed by atoms with Crippen molar-refractivity contribution in [1.82, 2.24) is 9.71 Å². The maximum atomic E-state index is 11.4. The van der Waals surface area contributed by atoms with Gasteiger partial charge in [-0.25, -0.2) is 13.9 Å². The Labute approximate surface area is 88.5 Å². The molecular formula is C7H11N3O2S2. The second kappa shape index (κ2) is 4.63. The SMILES string of the molecule is CNS(=O)c1sc(NC(C)=O)nc1C. The van der Waals surface area contributed by atoms with Crippen LogP contribution in [0.4, 0.5) is 5.13 Å². The number of aryl methyl sites for hydroxylation is 1. The average Bonchev–Trinajstić information content (AvgIpc) is 2.44. The van der Waals surface area contributed by atoms with E-state index < -0.39 is 11.0 Å². The molecule has 1 heterocycles. The van der Waals surface area contributed by atoms with E-state index in [4.69, 9.17) is 0 Å². The zero-order chi connectivity index (χ0) is 10.7. The number of hydrogen-bond acceptors (Lipinski definition) is 4. The van der Waals surface area contributed by atoms with Gasteiger partial charge in [-0.15, -0.1) is 0 Å². The van der Waals surface area contributed by atoms with Crippen LogP contribution in [0.15, 0.2) is 4.21 Å². The van der Waals surface area contributed by atoms with Crippen LogP contribution < -0.4 is 10.0 Å². The highest BCUT2D eigenvalue weighted by molar-refractivity contribution is 7.85. The number of aromatic nitrogens is 1. The lowest BCUT2D eigenvalue weighted by atomic mass is 10.6. The molecule has 1 aromatic rings. The maximum Gasteiger partial charge on any atom is 0.223 e. The van der Waals surface area contributed by atoms with Crippen molar-refractivity contribution in [3.8, 4) is 0 Å². The molecule has 1 unspecified atom stereocenters. The number of hydrogen-bond donors (Lipinski definition) is 2. The molecule has 2 N–H and O–H groups in total. The Morgan fingerprint density at radius 2 is 2.21 bits per heavy atom. The molecule has 0 fully saturated rings. The topological polar surface area (TPSA) is 71.1 Å². The Bertz CT molecular complexity index is 375. The van der Waals surface area contributed by atoms with Gasteiger partial charge in [0.25, 0.3) is 0 Å². The van der Waals surface area contributed by atoms with E-state index in [-0.39, 0.29) is 5.91 Å². The van der Waals surface area contributed by atoms with E-state index in [1.54, 1.807) is 14.0 Å². The van der Waals surface area contributed by atoms with Gasteiger partial charge < -0.3 is 5.32 Å². The maximum absolute atomic E-state index is 11.4. The van der Waals surface area contributed by atoms with Crippen LogP contribution in [0.25, 0.3) is 0 Å². The molecule has 0 radical (unpaired) electrons. The Balaban J connectivity index is 2.93. The molecule has 1 rings (SSSR count). The van der Waals surface area contributed by atoms with Crippen molar-refractivity contribution in [1.29, 1.82) is 0 Å². The Morgan fingerprint density at radius 3 is 2.71 bits per heavy atom.